The third-order valence-corrected chi connectivity index (χ3v) is 6.12. The normalized spacial score (nSPS) is 12.0. The zero-order chi connectivity index (χ0) is 22.8. The highest BCUT2D eigenvalue weighted by Crippen LogP contribution is 2.20. The van der Waals surface area contributed by atoms with Crippen LogP contribution in [0.1, 0.15) is 25.0 Å². The third-order valence-electron chi connectivity index (χ3n) is 5.18. The van der Waals surface area contributed by atoms with Crippen LogP contribution in [0.25, 0.3) is 0 Å². The monoisotopic (exact) mass is 451 g/mol. The van der Waals surface area contributed by atoms with Crippen LogP contribution in [0.4, 0.5) is 10.1 Å². The second-order valence-electron chi connectivity index (χ2n) is 7.51. The molecule has 1 amide bonds. The van der Waals surface area contributed by atoms with Crippen molar-refractivity contribution in [1.82, 2.24) is 9.62 Å². The molecule has 0 unspecified atom stereocenters. The average molecular weight is 452 g/mol. The van der Waals surface area contributed by atoms with E-state index in [4.69, 9.17) is 0 Å². The molecule has 3 aromatic carbocycles. The van der Waals surface area contributed by atoms with E-state index in [0.717, 1.165) is 28.3 Å². The second kappa shape index (κ2) is 12.4. The summed E-state index contributed by atoms with van der Waals surface area (Å²) >= 11 is 1.57. The van der Waals surface area contributed by atoms with Gasteiger partial charge in [-0.3, -0.25) is 14.4 Å². The van der Waals surface area contributed by atoms with Gasteiger partial charge in [-0.1, -0.05) is 56.3 Å². The van der Waals surface area contributed by atoms with Gasteiger partial charge in [-0.15, -0.1) is 0 Å². The zero-order valence-electron chi connectivity index (χ0n) is 18.6. The van der Waals surface area contributed by atoms with Crippen LogP contribution in [-0.4, -0.2) is 29.9 Å². The summed E-state index contributed by atoms with van der Waals surface area (Å²) < 4.78 is 16.6. The Bertz CT molecular complexity index is 965. The molecule has 32 heavy (non-hydrogen) atoms. The van der Waals surface area contributed by atoms with Crippen LogP contribution in [0, 0.1) is 5.82 Å². The lowest BCUT2D eigenvalue weighted by Crippen LogP contribution is -2.45. The molecule has 0 radical (unpaired) electrons. The van der Waals surface area contributed by atoms with Gasteiger partial charge in [-0.05, 0) is 72.4 Å². The number of carbonyl (C=O) groups is 1. The molecular weight excluding hydrogens is 421 g/mol. The fourth-order valence-corrected chi connectivity index (χ4v) is 4.06. The van der Waals surface area contributed by atoms with Gasteiger partial charge in [-0.25, -0.2) is 4.39 Å². The molecule has 0 fully saturated rings. The number of likely N-dealkylation sites (N-methyl/N-ethyl adjacent to an activating group) is 1. The first-order chi connectivity index (χ1) is 15.6. The van der Waals surface area contributed by atoms with Crippen molar-refractivity contribution < 1.29 is 9.18 Å². The van der Waals surface area contributed by atoms with Gasteiger partial charge < -0.3 is 5.32 Å². The summed E-state index contributed by atoms with van der Waals surface area (Å²) in [7, 11) is 0. The van der Waals surface area contributed by atoms with Crippen LogP contribution in [0.3, 0.4) is 0 Å². The summed E-state index contributed by atoms with van der Waals surface area (Å²) in [6, 6.07) is 24.0. The maximum atomic E-state index is 13.4. The van der Waals surface area contributed by atoms with Crippen molar-refractivity contribution in [3.8, 4) is 0 Å². The number of anilines is 1. The van der Waals surface area contributed by atoms with Crippen molar-refractivity contribution >= 4 is 23.5 Å². The number of amides is 1. The minimum atomic E-state index is -0.358. The van der Waals surface area contributed by atoms with Gasteiger partial charge in [-0.2, -0.15) is 0 Å². The van der Waals surface area contributed by atoms with Crippen LogP contribution in [0.2, 0.25) is 0 Å². The standard InChI is InChI=1S/C26H30FN3OS/c1-3-28-32-24-16-14-23(15-17-24)29-26(31)25(18-20-8-6-5-7-9-20)30(4-2)19-21-10-12-22(27)13-11-21/h5-17,25,28H,3-4,18-19H2,1-2H3,(H,29,31)/t25-/m0/s1. The lowest BCUT2D eigenvalue weighted by atomic mass is 10.0. The van der Waals surface area contributed by atoms with Crippen molar-refractivity contribution in [1.29, 1.82) is 0 Å². The van der Waals surface area contributed by atoms with Crippen LogP contribution in [0.5, 0.6) is 0 Å². The SMILES string of the molecule is CCNSc1ccc(NC(=O)[C@H](Cc2ccccc2)N(CC)Cc2ccc(F)cc2)cc1. The number of benzene rings is 3. The molecule has 0 saturated heterocycles. The van der Waals surface area contributed by atoms with Crippen LogP contribution < -0.4 is 10.0 Å². The summed E-state index contributed by atoms with van der Waals surface area (Å²) in [6.07, 6.45) is 0.593. The van der Waals surface area contributed by atoms with E-state index in [1.165, 1.54) is 12.1 Å². The first-order valence-corrected chi connectivity index (χ1v) is 11.7. The molecule has 0 aliphatic rings. The summed E-state index contributed by atoms with van der Waals surface area (Å²) in [5.74, 6) is -0.309. The van der Waals surface area contributed by atoms with Gasteiger partial charge in [0.25, 0.3) is 0 Å². The minimum Gasteiger partial charge on any atom is -0.325 e. The lowest BCUT2D eigenvalue weighted by Gasteiger charge is -2.30. The minimum absolute atomic E-state index is 0.0510. The number of carbonyl (C=O) groups excluding carboxylic acids is 1. The molecule has 0 aliphatic carbocycles. The average Bonchev–Trinajstić information content (AvgIpc) is 2.82. The summed E-state index contributed by atoms with van der Waals surface area (Å²) in [5.41, 5.74) is 2.85. The van der Waals surface area contributed by atoms with E-state index >= 15 is 0 Å². The molecule has 3 rings (SSSR count). The van der Waals surface area contributed by atoms with Crippen molar-refractivity contribution in [3.05, 3.63) is 95.8 Å². The van der Waals surface area contributed by atoms with E-state index in [9.17, 15) is 9.18 Å². The van der Waals surface area contributed by atoms with Crippen LogP contribution in [0.15, 0.2) is 83.8 Å². The number of nitrogens with one attached hydrogen (secondary N) is 2. The lowest BCUT2D eigenvalue weighted by molar-refractivity contribution is -0.121. The maximum Gasteiger partial charge on any atom is 0.242 e. The van der Waals surface area contributed by atoms with E-state index in [2.05, 4.69) is 21.9 Å². The molecular formula is C26H30FN3OS. The van der Waals surface area contributed by atoms with Gasteiger partial charge >= 0.3 is 0 Å². The quantitative estimate of drug-likeness (QED) is 0.377. The van der Waals surface area contributed by atoms with Crippen molar-refractivity contribution in [3.63, 3.8) is 0 Å². The van der Waals surface area contributed by atoms with Crippen LogP contribution >= 0.6 is 11.9 Å². The van der Waals surface area contributed by atoms with Crippen molar-refractivity contribution in [2.45, 2.75) is 37.8 Å². The molecule has 168 valence electrons. The summed E-state index contributed by atoms with van der Waals surface area (Å²) in [5, 5.41) is 3.08. The molecule has 0 heterocycles. The fraction of sp³-hybridized carbons (Fsp3) is 0.269. The molecule has 6 heteroatoms. The number of rotatable bonds is 11. The number of nitrogens with zero attached hydrogens (tertiary/aromatic N) is 1. The highest BCUT2D eigenvalue weighted by atomic mass is 32.2. The van der Waals surface area contributed by atoms with Gasteiger partial charge in [0, 0.05) is 23.7 Å². The van der Waals surface area contributed by atoms with Gasteiger partial charge in [0.05, 0.1) is 6.04 Å². The highest BCUT2D eigenvalue weighted by Gasteiger charge is 2.25. The smallest absolute Gasteiger partial charge is 0.242 e. The molecule has 0 saturated carbocycles. The van der Waals surface area contributed by atoms with Crippen LogP contribution in [-0.2, 0) is 17.8 Å². The van der Waals surface area contributed by atoms with E-state index < -0.39 is 0 Å². The summed E-state index contributed by atoms with van der Waals surface area (Å²) in [4.78, 5) is 16.6. The molecule has 0 spiro atoms. The second-order valence-corrected chi connectivity index (χ2v) is 8.47. The molecule has 0 aromatic heterocycles. The molecule has 2 N–H and O–H groups in total. The van der Waals surface area contributed by atoms with Crippen molar-refractivity contribution in [2.24, 2.45) is 0 Å². The van der Waals surface area contributed by atoms with E-state index in [-0.39, 0.29) is 17.8 Å². The Kier molecular flexibility index (Phi) is 9.28. The van der Waals surface area contributed by atoms with Gasteiger partial charge in [0.1, 0.15) is 5.82 Å². The molecule has 4 nitrogen and oxygen atoms in total. The Morgan fingerprint density at radius 1 is 0.938 bits per heavy atom. The fourth-order valence-electron chi connectivity index (χ4n) is 3.48. The largest absolute Gasteiger partial charge is 0.325 e. The van der Waals surface area contributed by atoms with Gasteiger partial charge in [0.15, 0.2) is 0 Å². The predicted octanol–water partition coefficient (Wildman–Crippen LogP) is 5.51. The Balaban J connectivity index is 1.77. The van der Waals surface area contributed by atoms with E-state index in [1.54, 1.807) is 24.1 Å². The first-order valence-electron chi connectivity index (χ1n) is 10.9. The zero-order valence-corrected chi connectivity index (χ0v) is 19.4. The number of halogens is 1. The number of hydrogen-bond acceptors (Lipinski definition) is 4. The number of hydrogen-bond donors (Lipinski definition) is 2. The Morgan fingerprint density at radius 3 is 2.25 bits per heavy atom. The summed E-state index contributed by atoms with van der Waals surface area (Å²) in [6.45, 7) is 6.24. The Labute approximate surface area is 194 Å². The predicted molar refractivity (Wildman–Crippen MR) is 131 cm³/mol. The van der Waals surface area contributed by atoms with E-state index in [0.29, 0.717) is 19.5 Å². The Hall–Kier alpha value is -2.67. The van der Waals surface area contributed by atoms with Gasteiger partial charge in [0.2, 0.25) is 5.91 Å². The molecule has 0 aliphatic heterocycles. The van der Waals surface area contributed by atoms with Crippen molar-refractivity contribution in [2.75, 3.05) is 18.4 Å². The maximum absolute atomic E-state index is 13.4. The molecule has 1 atom stereocenters. The highest BCUT2D eigenvalue weighted by molar-refractivity contribution is 7.97. The third kappa shape index (κ3) is 7.19. The molecule has 3 aromatic rings. The molecule has 0 bridgehead atoms. The Morgan fingerprint density at radius 2 is 1.62 bits per heavy atom. The topological polar surface area (TPSA) is 44.4 Å². The first kappa shape index (κ1) is 24.0. The van der Waals surface area contributed by atoms with E-state index in [1.807, 2.05) is 61.5 Å².